The molecule has 0 fully saturated rings. The van der Waals surface area contributed by atoms with Crippen molar-refractivity contribution in [1.29, 1.82) is 5.26 Å². The number of sulfonamides is 1. The van der Waals surface area contributed by atoms with Crippen LogP contribution in [0.5, 0.6) is 0 Å². The Morgan fingerprint density at radius 2 is 1.91 bits per heavy atom. The molecule has 0 amide bonds. The van der Waals surface area contributed by atoms with Gasteiger partial charge in [0, 0.05) is 26.2 Å². The van der Waals surface area contributed by atoms with E-state index < -0.39 is 10.0 Å². The second kappa shape index (κ2) is 6.25. The molecule has 0 radical (unpaired) electrons. The smallest absolute Gasteiger partial charge is 0.242 e. The van der Waals surface area contributed by atoms with Gasteiger partial charge in [-0.05, 0) is 18.6 Å². The lowest BCUT2D eigenvalue weighted by atomic mass is 10.1. The molecule has 0 unspecified atom stereocenters. The van der Waals surface area contributed by atoms with Crippen LogP contribution < -0.4 is 0 Å². The minimum absolute atomic E-state index is 0.203. The average molecular weight is 319 g/mol. The molecule has 0 N–H and O–H groups in total. The summed E-state index contributed by atoms with van der Waals surface area (Å²) in [6.45, 7) is 2.64. The Kier molecular flexibility index (Phi) is 4.59. The number of nitrogens with zero attached hydrogens (tertiary/aromatic N) is 5. The summed E-state index contributed by atoms with van der Waals surface area (Å²) in [5.41, 5.74) is 1.56. The fourth-order valence-corrected chi connectivity index (χ4v) is 2.94. The molecular weight excluding hydrogens is 302 g/mol. The van der Waals surface area contributed by atoms with E-state index in [2.05, 4.69) is 10.3 Å². The first kappa shape index (κ1) is 16.1. The number of aryl methyl sites for hydroxylation is 1. The van der Waals surface area contributed by atoms with E-state index in [1.165, 1.54) is 26.2 Å². The monoisotopic (exact) mass is 319 g/mol. The van der Waals surface area contributed by atoms with Crippen LogP contribution in [0.2, 0.25) is 0 Å². The standard InChI is InChI=1S/C14H17N5O2S/c1-4-9-19-14(13(10-15)16-17-19)11-5-7-12(8-6-11)22(20,21)18(2)3/h5-8H,4,9H2,1-3H3. The molecule has 7 nitrogen and oxygen atoms in total. The van der Waals surface area contributed by atoms with Gasteiger partial charge in [-0.15, -0.1) is 5.10 Å². The number of nitriles is 1. The fourth-order valence-electron chi connectivity index (χ4n) is 2.04. The number of benzene rings is 1. The van der Waals surface area contributed by atoms with Crippen molar-refractivity contribution in [3.8, 4) is 17.3 Å². The quantitative estimate of drug-likeness (QED) is 0.832. The topological polar surface area (TPSA) is 91.9 Å². The maximum Gasteiger partial charge on any atom is 0.242 e. The van der Waals surface area contributed by atoms with Crippen LogP contribution in [-0.4, -0.2) is 41.8 Å². The highest BCUT2D eigenvalue weighted by Gasteiger charge is 2.19. The first-order chi connectivity index (χ1) is 10.4. The molecular formula is C14H17N5O2S. The molecule has 2 aromatic rings. The van der Waals surface area contributed by atoms with Crippen molar-refractivity contribution in [1.82, 2.24) is 19.3 Å². The third-order valence-electron chi connectivity index (χ3n) is 3.18. The summed E-state index contributed by atoms with van der Waals surface area (Å²) in [7, 11) is -0.501. The van der Waals surface area contributed by atoms with Crippen molar-refractivity contribution < 1.29 is 8.42 Å². The number of hydrogen-bond donors (Lipinski definition) is 0. The third-order valence-corrected chi connectivity index (χ3v) is 5.01. The molecule has 1 aromatic carbocycles. The molecule has 0 atom stereocenters. The van der Waals surface area contributed by atoms with Crippen LogP contribution in [-0.2, 0) is 16.6 Å². The van der Waals surface area contributed by atoms with Crippen LogP contribution in [0, 0.1) is 11.3 Å². The van der Waals surface area contributed by atoms with Gasteiger partial charge in [-0.1, -0.05) is 24.3 Å². The number of hydrogen-bond acceptors (Lipinski definition) is 5. The SMILES string of the molecule is CCCn1nnc(C#N)c1-c1ccc(S(=O)(=O)N(C)C)cc1. The Morgan fingerprint density at radius 3 is 2.41 bits per heavy atom. The van der Waals surface area contributed by atoms with Crippen molar-refractivity contribution >= 4 is 10.0 Å². The fraction of sp³-hybridized carbons (Fsp3) is 0.357. The predicted octanol–water partition coefficient (Wildman–Crippen LogP) is 1.48. The van der Waals surface area contributed by atoms with Crippen molar-refractivity contribution in [2.24, 2.45) is 0 Å². The van der Waals surface area contributed by atoms with Gasteiger partial charge < -0.3 is 0 Å². The number of rotatable bonds is 5. The van der Waals surface area contributed by atoms with Gasteiger partial charge in [-0.2, -0.15) is 5.26 Å². The molecule has 0 saturated carbocycles. The summed E-state index contributed by atoms with van der Waals surface area (Å²) >= 11 is 0. The third kappa shape index (κ3) is 2.86. The normalized spacial score (nSPS) is 11.6. The van der Waals surface area contributed by atoms with Gasteiger partial charge in [-0.25, -0.2) is 17.4 Å². The van der Waals surface area contributed by atoms with E-state index in [1.54, 1.807) is 16.8 Å². The van der Waals surface area contributed by atoms with Gasteiger partial charge in [0.05, 0.1) is 4.90 Å². The average Bonchev–Trinajstić information content (AvgIpc) is 2.90. The molecule has 2 rings (SSSR count). The highest BCUT2D eigenvalue weighted by molar-refractivity contribution is 7.89. The van der Waals surface area contributed by atoms with E-state index in [0.717, 1.165) is 10.7 Å². The molecule has 0 aliphatic rings. The van der Waals surface area contributed by atoms with Gasteiger partial charge in [-0.3, -0.25) is 0 Å². The van der Waals surface area contributed by atoms with Crippen molar-refractivity contribution in [2.45, 2.75) is 24.8 Å². The summed E-state index contributed by atoms with van der Waals surface area (Å²) in [6, 6.07) is 8.40. The van der Waals surface area contributed by atoms with Gasteiger partial charge in [0.2, 0.25) is 10.0 Å². The van der Waals surface area contributed by atoms with Crippen LogP contribution in [0.3, 0.4) is 0 Å². The van der Waals surface area contributed by atoms with E-state index >= 15 is 0 Å². The predicted molar refractivity (Wildman–Crippen MR) is 81.3 cm³/mol. The van der Waals surface area contributed by atoms with E-state index in [9.17, 15) is 8.42 Å². The van der Waals surface area contributed by atoms with Crippen LogP contribution in [0.1, 0.15) is 19.0 Å². The van der Waals surface area contributed by atoms with E-state index in [-0.39, 0.29) is 10.6 Å². The van der Waals surface area contributed by atoms with Crippen molar-refractivity contribution in [2.75, 3.05) is 14.1 Å². The van der Waals surface area contributed by atoms with Crippen LogP contribution in [0.15, 0.2) is 29.2 Å². The molecule has 0 spiro atoms. The molecule has 22 heavy (non-hydrogen) atoms. The van der Waals surface area contributed by atoms with Crippen LogP contribution in [0.4, 0.5) is 0 Å². The van der Waals surface area contributed by atoms with Crippen molar-refractivity contribution in [3.05, 3.63) is 30.0 Å². The lowest BCUT2D eigenvalue weighted by molar-refractivity contribution is 0.521. The summed E-state index contributed by atoms with van der Waals surface area (Å²) in [5.74, 6) is 0. The van der Waals surface area contributed by atoms with Gasteiger partial charge in [0.1, 0.15) is 11.8 Å². The molecule has 8 heteroatoms. The minimum Gasteiger partial charge on any atom is -0.243 e. The molecule has 116 valence electrons. The summed E-state index contributed by atoms with van der Waals surface area (Å²) in [4.78, 5) is 0.203. The molecule has 0 aliphatic carbocycles. The Morgan fingerprint density at radius 1 is 1.27 bits per heavy atom. The van der Waals surface area contributed by atoms with Crippen LogP contribution >= 0.6 is 0 Å². The highest BCUT2D eigenvalue weighted by atomic mass is 32.2. The maximum atomic E-state index is 12.1. The van der Waals surface area contributed by atoms with Crippen LogP contribution in [0.25, 0.3) is 11.3 Å². The second-order valence-corrected chi connectivity index (χ2v) is 7.09. The largest absolute Gasteiger partial charge is 0.243 e. The molecule has 0 saturated heterocycles. The van der Waals surface area contributed by atoms with E-state index in [1.807, 2.05) is 13.0 Å². The van der Waals surface area contributed by atoms with E-state index in [0.29, 0.717) is 17.8 Å². The highest BCUT2D eigenvalue weighted by Crippen LogP contribution is 2.24. The summed E-state index contributed by atoms with van der Waals surface area (Å²) in [5, 5.41) is 17.0. The molecule has 0 aliphatic heterocycles. The molecule has 1 heterocycles. The van der Waals surface area contributed by atoms with E-state index in [4.69, 9.17) is 5.26 Å². The lowest BCUT2D eigenvalue weighted by Crippen LogP contribution is -2.22. The van der Waals surface area contributed by atoms with Gasteiger partial charge in [0.25, 0.3) is 0 Å². The van der Waals surface area contributed by atoms with Gasteiger partial charge >= 0.3 is 0 Å². The minimum atomic E-state index is -3.47. The lowest BCUT2D eigenvalue weighted by Gasteiger charge is -2.12. The summed E-state index contributed by atoms with van der Waals surface area (Å²) in [6.07, 6.45) is 0.855. The first-order valence-electron chi connectivity index (χ1n) is 6.78. The Labute approximate surface area is 129 Å². The zero-order valence-corrected chi connectivity index (χ0v) is 13.5. The Balaban J connectivity index is 2.48. The Hall–Kier alpha value is -2.24. The zero-order chi connectivity index (χ0) is 16.3. The van der Waals surface area contributed by atoms with Gasteiger partial charge in [0.15, 0.2) is 5.69 Å². The number of aromatic nitrogens is 3. The Bertz CT molecular complexity index is 801. The second-order valence-electron chi connectivity index (χ2n) is 4.93. The molecule has 0 bridgehead atoms. The molecule has 1 aromatic heterocycles. The zero-order valence-electron chi connectivity index (χ0n) is 12.7. The maximum absolute atomic E-state index is 12.1. The van der Waals surface area contributed by atoms with Crippen molar-refractivity contribution in [3.63, 3.8) is 0 Å². The summed E-state index contributed by atoms with van der Waals surface area (Å²) < 4.78 is 27.0. The first-order valence-corrected chi connectivity index (χ1v) is 8.22.